The van der Waals surface area contributed by atoms with Gasteiger partial charge in [0, 0.05) is 10.8 Å². The number of benzene rings is 2. The molecule has 2 aromatic rings. The van der Waals surface area contributed by atoms with Crippen LogP contribution in [-0.2, 0) is 6.42 Å². The van der Waals surface area contributed by atoms with E-state index in [1.54, 1.807) is 0 Å². The van der Waals surface area contributed by atoms with Gasteiger partial charge >= 0.3 is 0 Å². The van der Waals surface area contributed by atoms with Gasteiger partial charge in [-0.15, -0.1) is 0 Å². The summed E-state index contributed by atoms with van der Waals surface area (Å²) in [6, 6.07) is 14.2. The summed E-state index contributed by atoms with van der Waals surface area (Å²) >= 11 is 0. The summed E-state index contributed by atoms with van der Waals surface area (Å²) in [5.41, 5.74) is 20.6. The normalized spacial score (nSPS) is 29.9. The summed E-state index contributed by atoms with van der Waals surface area (Å²) in [6.45, 7) is 40.6. The van der Waals surface area contributed by atoms with Crippen molar-refractivity contribution in [2.75, 3.05) is 0 Å². The first-order valence-corrected chi connectivity index (χ1v) is 18.7. The predicted octanol–water partition coefficient (Wildman–Crippen LogP) is 13.8. The Morgan fingerprint density at radius 3 is 2.19 bits per heavy atom. The minimum absolute atomic E-state index is 0.0195. The zero-order chi connectivity index (χ0) is 35.1. The number of hydrogen-bond donors (Lipinski definition) is 0. The Morgan fingerprint density at radius 2 is 1.58 bits per heavy atom. The quantitative estimate of drug-likeness (QED) is 0.284. The van der Waals surface area contributed by atoms with Crippen LogP contribution in [0.25, 0.3) is 11.1 Å². The maximum absolute atomic E-state index is 4.97. The van der Waals surface area contributed by atoms with E-state index in [4.69, 9.17) is 13.2 Å². The molecule has 6 rings (SSSR count). The number of allylic oxidation sites excluding steroid dienone is 11. The van der Waals surface area contributed by atoms with Crippen LogP contribution in [0.2, 0.25) is 0 Å². The molecule has 0 fully saturated rings. The third kappa shape index (κ3) is 4.60. The molecule has 0 amide bonds. The standard InChI is InChI=1S/C48H60/c1-15-37(16-2)38-19-21-39(22-20-38)41-18-17-36(26-41)25-40-23-24-42-32(8)47(13)35(11)46(12)27-29(5)43(28(3)4)33(9)48(46,14)34(10)45(47)31(7)44(42)30(40)6/h18-24,26,32,35,37H,3,7,9,15-17,25,27H2,1-2,4-6,8,10-14H3/t32-,35+,46+,47-,48-/m1/s1. The van der Waals surface area contributed by atoms with E-state index in [0.717, 1.165) is 24.8 Å². The molecule has 4 aliphatic rings. The van der Waals surface area contributed by atoms with Gasteiger partial charge in [0.2, 0.25) is 0 Å². The lowest BCUT2D eigenvalue weighted by molar-refractivity contribution is -0.0260. The van der Waals surface area contributed by atoms with Crippen molar-refractivity contribution < 1.29 is 0 Å². The minimum Gasteiger partial charge on any atom is -0.0955 e. The van der Waals surface area contributed by atoms with Gasteiger partial charge in [0.15, 0.2) is 0 Å². The second-order valence-electron chi connectivity index (χ2n) is 16.6. The van der Waals surface area contributed by atoms with Crippen LogP contribution in [0.1, 0.15) is 140 Å². The highest BCUT2D eigenvalue weighted by Crippen LogP contribution is 2.74. The second kappa shape index (κ2) is 11.9. The summed E-state index contributed by atoms with van der Waals surface area (Å²) in [6.07, 6.45) is 10.3. The molecule has 0 saturated heterocycles. The van der Waals surface area contributed by atoms with Crippen LogP contribution in [0, 0.1) is 29.1 Å². The Kier molecular flexibility index (Phi) is 8.54. The van der Waals surface area contributed by atoms with Crippen molar-refractivity contribution in [2.24, 2.45) is 22.2 Å². The van der Waals surface area contributed by atoms with Crippen molar-refractivity contribution in [2.45, 2.75) is 120 Å². The molecule has 48 heavy (non-hydrogen) atoms. The predicted molar refractivity (Wildman–Crippen MR) is 210 cm³/mol. The number of hydrogen-bond acceptors (Lipinski definition) is 0. The van der Waals surface area contributed by atoms with E-state index in [1.165, 1.54) is 90.8 Å². The van der Waals surface area contributed by atoms with Crippen LogP contribution in [0.3, 0.4) is 0 Å². The largest absolute Gasteiger partial charge is 0.0955 e. The van der Waals surface area contributed by atoms with E-state index in [9.17, 15) is 0 Å². The van der Waals surface area contributed by atoms with E-state index in [2.05, 4.69) is 131 Å². The van der Waals surface area contributed by atoms with Crippen molar-refractivity contribution in [1.82, 2.24) is 0 Å². The van der Waals surface area contributed by atoms with Crippen molar-refractivity contribution in [1.29, 1.82) is 0 Å². The van der Waals surface area contributed by atoms with Gasteiger partial charge in [-0.2, -0.15) is 0 Å². The van der Waals surface area contributed by atoms with Crippen molar-refractivity contribution in [3.8, 4) is 0 Å². The molecule has 0 saturated carbocycles. The Labute approximate surface area is 293 Å². The van der Waals surface area contributed by atoms with Crippen LogP contribution in [0.4, 0.5) is 0 Å². The first kappa shape index (κ1) is 34.5. The summed E-state index contributed by atoms with van der Waals surface area (Å²) < 4.78 is 0. The second-order valence-corrected chi connectivity index (χ2v) is 16.6. The van der Waals surface area contributed by atoms with Gasteiger partial charge in [-0.05, 0) is 144 Å². The van der Waals surface area contributed by atoms with E-state index >= 15 is 0 Å². The molecule has 2 aromatic carbocycles. The third-order valence-corrected chi connectivity index (χ3v) is 14.7. The van der Waals surface area contributed by atoms with E-state index in [1.807, 2.05) is 0 Å². The average Bonchev–Trinajstić information content (AvgIpc) is 3.51. The monoisotopic (exact) mass is 636 g/mol. The van der Waals surface area contributed by atoms with Gasteiger partial charge in [0.05, 0.1) is 0 Å². The molecule has 0 radical (unpaired) electrons. The van der Waals surface area contributed by atoms with E-state index in [-0.39, 0.29) is 16.2 Å². The highest BCUT2D eigenvalue weighted by atomic mass is 14.7. The van der Waals surface area contributed by atoms with Gasteiger partial charge in [0.1, 0.15) is 0 Å². The molecule has 0 heteroatoms. The summed E-state index contributed by atoms with van der Waals surface area (Å²) in [5, 5.41) is 0. The fourth-order valence-electron chi connectivity index (χ4n) is 11.2. The van der Waals surface area contributed by atoms with Crippen LogP contribution in [0.15, 0.2) is 107 Å². The molecule has 0 aromatic heterocycles. The van der Waals surface area contributed by atoms with Crippen LogP contribution < -0.4 is 0 Å². The molecule has 0 N–H and O–H groups in total. The van der Waals surface area contributed by atoms with E-state index in [0.29, 0.717) is 17.8 Å². The van der Waals surface area contributed by atoms with Gasteiger partial charge in [-0.1, -0.05) is 139 Å². The minimum atomic E-state index is -0.163. The van der Waals surface area contributed by atoms with Crippen LogP contribution >= 0.6 is 0 Å². The number of fused-ring (bicyclic) bond motifs is 3. The van der Waals surface area contributed by atoms with Crippen LogP contribution in [0.5, 0.6) is 0 Å². The Bertz CT molecular complexity index is 1860. The molecule has 0 heterocycles. The maximum atomic E-state index is 4.97. The Hall–Kier alpha value is -3.38. The van der Waals surface area contributed by atoms with Gasteiger partial charge < -0.3 is 0 Å². The average molecular weight is 637 g/mol. The summed E-state index contributed by atoms with van der Waals surface area (Å²) in [4.78, 5) is 0. The number of rotatable bonds is 7. The molecule has 0 aliphatic heterocycles. The molecule has 0 nitrogen and oxygen atoms in total. The molecular formula is C48H60. The van der Waals surface area contributed by atoms with E-state index < -0.39 is 0 Å². The third-order valence-electron chi connectivity index (χ3n) is 14.7. The van der Waals surface area contributed by atoms with Crippen molar-refractivity contribution in [3.05, 3.63) is 141 Å². The zero-order valence-electron chi connectivity index (χ0n) is 32.0. The fourth-order valence-corrected chi connectivity index (χ4v) is 11.2. The van der Waals surface area contributed by atoms with Gasteiger partial charge in [0.25, 0.3) is 0 Å². The van der Waals surface area contributed by atoms with Crippen molar-refractivity contribution >= 4 is 11.1 Å². The lowest BCUT2D eigenvalue weighted by atomic mass is 9.37. The molecule has 252 valence electrons. The molecule has 5 atom stereocenters. The molecule has 0 unspecified atom stereocenters. The first-order valence-electron chi connectivity index (χ1n) is 18.7. The fraction of sp³-hybridized carbons (Fsp3) is 0.458. The molecule has 4 aliphatic carbocycles. The summed E-state index contributed by atoms with van der Waals surface area (Å²) in [5.74, 6) is 1.48. The van der Waals surface area contributed by atoms with Gasteiger partial charge in [-0.3, -0.25) is 0 Å². The lowest BCUT2D eigenvalue weighted by Crippen LogP contribution is -2.58. The highest BCUT2D eigenvalue weighted by Gasteiger charge is 2.64. The highest BCUT2D eigenvalue weighted by molar-refractivity contribution is 5.88. The Morgan fingerprint density at radius 1 is 0.938 bits per heavy atom. The molecular weight excluding hydrogens is 577 g/mol. The molecule has 0 bridgehead atoms. The van der Waals surface area contributed by atoms with Crippen molar-refractivity contribution in [3.63, 3.8) is 0 Å². The summed E-state index contributed by atoms with van der Waals surface area (Å²) in [7, 11) is 0. The van der Waals surface area contributed by atoms with Crippen LogP contribution in [-0.4, -0.2) is 0 Å². The first-order chi connectivity index (χ1) is 22.6. The maximum Gasteiger partial charge on any atom is 0.0196 e. The Balaban J connectivity index is 1.38. The molecule has 0 spiro atoms. The SMILES string of the molecule is C=C(C)C1=C(C)C[C@@]2(C)[C@H](C)[C@]3(C)C(=C(C)[C@@]2(C)C1=C)C(=C)c1c(ccc(CC2=CC(c4ccc(C(CC)CC)cc4)=CC2)c1C)[C@H]3C. The lowest BCUT2D eigenvalue weighted by Gasteiger charge is -2.67. The topological polar surface area (TPSA) is 0 Å². The van der Waals surface area contributed by atoms with Gasteiger partial charge in [-0.25, -0.2) is 0 Å². The smallest absolute Gasteiger partial charge is 0.0196 e. The zero-order valence-corrected chi connectivity index (χ0v) is 32.0.